The fraction of sp³-hybridized carbons (Fsp3) is 0. The van der Waals surface area contributed by atoms with Crippen LogP contribution in [0.5, 0.6) is 11.5 Å². The summed E-state index contributed by atoms with van der Waals surface area (Å²) in [6.07, 6.45) is 1.62. The van der Waals surface area contributed by atoms with Crippen molar-refractivity contribution in [3.8, 4) is 11.5 Å². The van der Waals surface area contributed by atoms with Crippen molar-refractivity contribution in [1.82, 2.24) is 0 Å². The summed E-state index contributed by atoms with van der Waals surface area (Å²) in [5.74, 6) is 0.306. The van der Waals surface area contributed by atoms with Crippen molar-refractivity contribution >= 4 is 22.7 Å². The Morgan fingerprint density at radius 3 is 2.40 bits per heavy atom. The van der Waals surface area contributed by atoms with E-state index in [1.54, 1.807) is 24.4 Å². The molecule has 0 aromatic heterocycles. The summed E-state index contributed by atoms with van der Waals surface area (Å²) in [7, 11) is 0. The Hall–Kier alpha value is -2.81. The minimum absolute atomic E-state index is 0.141. The predicted octanol–water partition coefficient (Wildman–Crippen LogP) is 4.00. The van der Waals surface area contributed by atoms with Crippen molar-refractivity contribution in [3.05, 3.63) is 66.2 Å². The summed E-state index contributed by atoms with van der Waals surface area (Å²) in [6.45, 7) is 0. The highest BCUT2D eigenvalue weighted by Crippen LogP contribution is 2.29. The van der Waals surface area contributed by atoms with Gasteiger partial charge >= 0.3 is 0 Å². The second kappa shape index (κ2) is 5.05. The number of hydrogen-bond donors (Lipinski definition) is 2. The van der Waals surface area contributed by atoms with Crippen LogP contribution >= 0.6 is 0 Å². The highest BCUT2D eigenvalue weighted by atomic mass is 16.3. The van der Waals surface area contributed by atoms with Crippen molar-refractivity contribution in [1.29, 1.82) is 0 Å². The average Bonchev–Trinajstić information content (AvgIpc) is 2.47. The maximum Gasteiger partial charge on any atom is 0.124 e. The van der Waals surface area contributed by atoms with Crippen LogP contribution in [0, 0.1) is 0 Å². The Balaban J connectivity index is 2.13. The molecule has 0 fully saturated rings. The first-order chi connectivity index (χ1) is 9.74. The first kappa shape index (κ1) is 12.2. The molecule has 0 unspecified atom stereocenters. The fourth-order valence-electron chi connectivity index (χ4n) is 2.11. The molecule has 0 saturated carbocycles. The maximum atomic E-state index is 10.0. The standard InChI is InChI=1S/C17H13NO2/c19-14-8-6-12-7-9-17(20)16(15(12)10-14)11-18-13-4-2-1-3-5-13/h1-11,19-20H. The fourth-order valence-corrected chi connectivity index (χ4v) is 2.11. The third kappa shape index (κ3) is 2.34. The van der Waals surface area contributed by atoms with Gasteiger partial charge in [0.05, 0.1) is 5.69 Å². The average molecular weight is 263 g/mol. The minimum Gasteiger partial charge on any atom is -0.508 e. The molecule has 98 valence electrons. The van der Waals surface area contributed by atoms with Gasteiger partial charge < -0.3 is 10.2 Å². The van der Waals surface area contributed by atoms with Crippen LogP contribution in [0.4, 0.5) is 5.69 Å². The molecule has 3 aromatic carbocycles. The van der Waals surface area contributed by atoms with Crippen LogP contribution in [0.2, 0.25) is 0 Å². The van der Waals surface area contributed by atoms with Crippen molar-refractivity contribution < 1.29 is 10.2 Å². The molecule has 0 amide bonds. The molecule has 0 aliphatic carbocycles. The van der Waals surface area contributed by atoms with Crippen LogP contribution < -0.4 is 0 Å². The van der Waals surface area contributed by atoms with Gasteiger partial charge in [0.25, 0.3) is 0 Å². The largest absolute Gasteiger partial charge is 0.508 e. The summed E-state index contributed by atoms with van der Waals surface area (Å²) in [5.41, 5.74) is 1.41. The van der Waals surface area contributed by atoms with E-state index in [9.17, 15) is 10.2 Å². The van der Waals surface area contributed by atoms with E-state index in [2.05, 4.69) is 4.99 Å². The summed E-state index contributed by atoms with van der Waals surface area (Å²) >= 11 is 0. The third-order valence-corrected chi connectivity index (χ3v) is 3.12. The Kier molecular flexibility index (Phi) is 3.09. The molecule has 3 nitrogen and oxygen atoms in total. The Morgan fingerprint density at radius 2 is 1.60 bits per heavy atom. The number of rotatable bonds is 2. The van der Waals surface area contributed by atoms with Crippen molar-refractivity contribution in [2.45, 2.75) is 0 Å². The molecule has 3 heteroatoms. The SMILES string of the molecule is Oc1ccc2ccc(O)c(C=Nc3ccccc3)c2c1. The van der Waals surface area contributed by atoms with E-state index in [0.29, 0.717) is 5.56 Å². The van der Waals surface area contributed by atoms with E-state index in [4.69, 9.17) is 0 Å². The second-order valence-electron chi connectivity index (χ2n) is 4.50. The van der Waals surface area contributed by atoms with Crippen LogP contribution in [0.25, 0.3) is 10.8 Å². The van der Waals surface area contributed by atoms with Gasteiger partial charge in [-0.3, -0.25) is 4.99 Å². The van der Waals surface area contributed by atoms with Gasteiger partial charge in [-0.15, -0.1) is 0 Å². The lowest BCUT2D eigenvalue weighted by molar-refractivity contribution is 0.474. The lowest BCUT2D eigenvalue weighted by Gasteiger charge is -2.05. The Labute approximate surface area is 116 Å². The van der Waals surface area contributed by atoms with Crippen LogP contribution in [-0.4, -0.2) is 16.4 Å². The number of fused-ring (bicyclic) bond motifs is 1. The van der Waals surface area contributed by atoms with E-state index in [1.165, 1.54) is 0 Å². The van der Waals surface area contributed by atoms with Gasteiger partial charge in [0, 0.05) is 11.8 Å². The highest BCUT2D eigenvalue weighted by molar-refractivity contribution is 6.03. The molecular weight excluding hydrogens is 250 g/mol. The number of para-hydroxylation sites is 1. The lowest BCUT2D eigenvalue weighted by Crippen LogP contribution is -1.86. The highest BCUT2D eigenvalue weighted by Gasteiger charge is 2.05. The zero-order chi connectivity index (χ0) is 13.9. The van der Waals surface area contributed by atoms with Gasteiger partial charge in [0.1, 0.15) is 11.5 Å². The smallest absolute Gasteiger partial charge is 0.124 e. The summed E-state index contributed by atoms with van der Waals surface area (Å²) in [6, 6.07) is 18.0. The number of aromatic hydroxyl groups is 2. The van der Waals surface area contributed by atoms with E-state index in [-0.39, 0.29) is 11.5 Å². The number of hydrogen-bond acceptors (Lipinski definition) is 3. The molecule has 0 aliphatic rings. The lowest BCUT2D eigenvalue weighted by atomic mass is 10.0. The second-order valence-corrected chi connectivity index (χ2v) is 4.50. The molecule has 2 N–H and O–H groups in total. The Morgan fingerprint density at radius 1 is 0.850 bits per heavy atom. The zero-order valence-corrected chi connectivity index (χ0v) is 10.7. The van der Waals surface area contributed by atoms with Gasteiger partial charge in [-0.25, -0.2) is 0 Å². The first-order valence-corrected chi connectivity index (χ1v) is 6.28. The number of benzene rings is 3. The topological polar surface area (TPSA) is 52.8 Å². The molecule has 3 aromatic rings. The molecular formula is C17H13NO2. The van der Waals surface area contributed by atoms with Crippen LogP contribution in [0.15, 0.2) is 65.7 Å². The zero-order valence-electron chi connectivity index (χ0n) is 10.7. The van der Waals surface area contributed by atoms with Crippen LogP contribution in [0.3, 0.4) is 0 Å². The number of phenols is 2. The molecule has 0 saturated heterocycles. The van der Waals surface area contributed by atoms with E-state index in [1.807, 2.05) is 42.5 Å². The van der Waals surface area contributed by atoms with Gasteiger partial charge in [-0.1, -0.05) is 30.3 Å². The summed E-state index contributed by atoms with van der Waals surface area (Å²) < 4.78 is 0. The van der Waals surface area contributed by atoms with Crippen LogP contribution in [0.1, 0.15) is 5.56 Å². The number of aliphatic imine (C=N–C) groups is 1. The number of phenolic OH excluding ortho intramolecular Hbond substituents is 2. The molecule has 0 heterocycles. The van der Waals surface area contributed by atoms with E-state index < -0.39 is 0 Å². The molecule has 0 radical (unpaired) electrons. The third-order valence-electron chi connectivity index (χ3n) is 3.12. The predicted molar refractivity (Wildman–Crippen MR) is 81.0 cm³/mol. The summed E-state index contributed by atoms with van der Waals surface area (Å²) in [5, 5.41) is 21.3. The monoisotopic (exact) mass is 263 g/mol. The molecule has 0 bridgehead atoms. The van der Waals surface area contributed by atoms with Gasteiger partial charge in [-0.2, -0.15) is 0 Å². The quantitative estimate of drug-likeness (QED) is 0.686. The molecule has 3 rings (SSSR count). The van der Waals surface area contributed by atoms with E-state index in [0.717, 1.165) is 16.5 Å². The molecule has 0 aliphatic heterocycles. The van der Waals surface area contributed by atoms with E-state index >= 15 is 0 Å². The molecule has 0 spiro atoms. The molecule has 20 heavy (non-hydrogen) atoms. The number of nitrogens with zero attached hydrogens (tertiary/aromatic N) is 1. The maximum absolute atomic E-state index is 10.0. The van der Waals surface area contributed by atoms with Crippen LogP contribution in [-0.2, 0) is 0 Å². The summed E-state index contributed by atoms with van der Waals surface area (Å²) in [4.78, 5) is 4.35. The van der Waals surface area contributed by atoms with Gasteiger partial charge in [0.15, 0.2) is 0 Å². The van der Waals surface area contributed by atoms with Gasteiger partial charge in [0.2, 0.25) is 0 Å². The van der Waals surface area contributed by atoms with Crippen molar-refractivity contribution in [3.63, 3.8) is 0 Å². The van der Waals surface area contributed by atoms with Crippen molar-refractivity contribution in [2.75, 3.05) is 0 Å². The molecule has 0 atom stereocenters. The Bertz CT molecular complexity index is 774. The normalized spacial score (nSPS) is 11.2. The first-order valence-electron chi connectivity index (χ1n) is 6.28. The van der Waals surface area contributed by atoms with Crippen molar-refractivity contribution in [2.24, 2.45) is 4.99 Å². The van der Waals surface area contributed by atoms with Gasteiger partial charge in [-0.05, 0) is 41.1 Å². The minimum atomic E-state index is 0.141.